The lowest BCUT2D eigenvalue weighted by Crippen LogP contribution is -2.16. The Kier molecular flexibility index (Phi) is 6.04. The fraction of sp³-hybridized carbons (Fsp3) is 0.409. The molecule has 0 amide bonds. The van der Waals surface area contributed by atoms with E-state index in [0.29, 0.717) is 12.3 Å². The average Bonchev–Trinajstić information content (AvgIpc) is 3.57. The van der Waals surface area contributed by atoms with Crippen LogP contribution in [0.25, 0.3) is 17.2 Å². The van der Waals surface area contributed by atoms with Crippen molar-refractivity contribution in [1.29, 1.82) is 0 Å². The van der Waals surface area contributed by atoms with Crippen LogP contribution in [0.3, 0.4) is 0 Å². The molecule has 0 N–H and O–H groups in total. The van der Waals surface area contributed by atoms with Crippen LogP contribution >= 0.6 is 11.8 Å². The highest BCUT2D eigenvalue weighted by molar-refractivity contribution is 7.99. The van der Waals surface area contributed by atoms with Crippen molar-refractivity contribution >= 4 is 17.5 Å². The first-order chi connectivity index (χ1) is 15.7. The van der Waals surface area contributed by atoms with Crippen LogP contribution in [0.1, 0.15) is 31.9 Å². The van der Waals surface area contributed by atoms with Gasteiger partial charge in [0.2, 0.25) is 0 Å². The summed E-state index contributed by atoms with van der Waals surface area (Å²) in [4.78, 5) is 8.89. The normalized spacial score (nSPS) is 16.1. The summed E-state index contributed by atoms with van der Waals surface area (Å²) in [5.41, 5.74) is 1.98. The van der Waals surface area contributed by atoms with Crippen molar-refractivity contribution in [2.75, 3.05) is 13.7 Å². The Morgan fingerprint density at radius 3 is 2.84 bits per heavy atom. The number of benzene rings is 1. The lowest BCUT2D eigenvalue weighted by atomic mass is 10.2. The summed E-state index contributed by atoms with van der Waals surface area (Å²) in [6, 6.07) is 9.95. The second-order valence-electron chi connectivity index (χ2n) is 7.69. The Morgan fingerprint density at radius 1 is 1.22 bits per heavy atom. The highest BCUT2D eigenvalue weighted by atomic mass is 32.2. The van der Waals surface area contributed by atoms with Gasteiger partial charge in [0.1, 0.15) is 17.1 Å². The molecule has 0 aliphatic carbocycles. The summed E-state index contributed by atoms with van der Waals surface area (Å²) < 4.78 is 15.1. The SMILES string of the molecule is CCCc1cc(Sc2nnc(-c3ccc(OC)cc3)n2CC2CCCO2)n2ncnc2n1. The molecule has 5 rings (SSSR count). The summed E-state index contributed by atoms with van der Waals surface area (Å²) in [7, 11) is 1.66. The largest absolute Gasteiger partial charge is 0.497 e. The van der Waals surface area contributed by atoms with Crippen LogP contribution in [0, 0.1) is 0 Å². The van der Waals surface area contributed by atoms with Gasteiger partial charge in [-0.3, -0.25) is 4.57 Å². The minimum absolute atomic E-state index is 0.154. The predicted molar refractivity (Wildman–Crippen MR) is 120 cm³/mol. The molecule has 10 heteroatoms. The van der Waals surface area contributed by atoms with E-state index >= 15 is 0 Å². The lowest BCUT2D eigenvalue weighted by molar-refractivity contribution is 0.0953. The van der Waals surface area contributed by atoms with E-state index in [4.69, 9.17) is 9.47 Å². The van der Waals surface area contributed by atoms with Crippen LogP contribution in [0.15, 0.2) is 46.8 Å². The van der Waals surface area contributed by atoms with Gasteiger partial charge < -0.3 is 9.47 Å². The van der Waals surface area contributed by atoms with Crippen molar-refractivity contribution in [2.45, 2.75) is 55.4 Å². The van der Waals surface area contributed by atoms with Gasteiger partial charge in [0.05, 0.1) is 19.8 Å². The van der Waals surface area contributed by atoms with Crippen molar-refractivity contribution in [3.8, 4) is 17.1 Å². The molecular formula is C22H25N7O2S. The van der Waals surface area contributed by atoms with E-state index < -0.39 is 0 Å². The van der Waals surface area contributed by atoms with Crippen molar-refractivity contribution in [2.24, 2.45) is 0 Å². The molecule has 9 nitrogen and oxygen atoms in total. The van der Waals surface area contributed by atoms with Gasteiger partial charge in [0.25, 0.3) is 5.78 Å². The second-order valence-corrected chi connectivity index (χ2v) is 8.68. The Labute approximate surface area is 190 Å². The van der Waals surface area contributed by atoms with Crippen molar-refractivity contribution < 1.29 is 9.47 Å². The van der Waals surface area contributed by atoms with Gasteiger partial charge >= 0.3 is 0 Å². The molecule has 4 heterocycles. The van der Waals surface area contributed by atoms with Gasteiger partial charge in [0, 0.05) is 17.9 Å². The molecule has 1 saturated heterocycles. The van der Waals surface area contributed by atoms with Crippen molar-refractivity contribution in [1.82, 2.24) is 34.3 Å². The minimum Gasteiger partial charge on any atom is -0.497 e. The Balaban J connectivity index is 1.54. The summed E-state index contributed by atoms with van der Waals surface area (Å²) >= 11 is 1.52. The van der Waals surface area contributed by atoms with Gasteiger partial charge in [-0.1, -0.05) is 13.3 Å². The van der Waals surface area contributed by atoms with E-state index in [2.05, 4.69) is 42.8 Å². The van der Waals surface area contributed by atoms with Gasteiger partial charge in [-0.05, 0) is 61.4 Å². The third-order valence-electron chi connectivity index (χ3n) is 5.45. The van der Waals surface area contributed by atoms with Crippen LogP contribution in [-0.2, 0) is 17.7 Å². The van der Waals surface area contributed by atoms with E-state index in [9.17, 15) is 0 Å². The summed E-state index contributed by atoms with van der Waals surface area (Å²) in [5.74, 6) is 2.21. The lowest BCUT2D eigenvalue weighted by Gasteiger charge is -2.15. The molecule has 3 aromatic heterocycles. The van der Waals surface area contributed by atoms with Crippen molar-refractivity contribution in [3.05, 3.63) is 42.4 Å². The molecule has 166 valence electrons. The zero-order valence-electron chi connectivity index (χ0n) is 18.1. The highest BCUT2D eigenvalue weighted by Gasteiger charge is 2.23. The van der Waals surface area contributed by atoms with Crippen LogP contribution in [0.2, 0.25) is 0 Å². The molecule has 0 bridgehead atoms. The minimum atomic E-state index is 0.154. The third-order valence-corrected chi connectivity index (χ3v) is 6.43. The number of hydrogen-bond acceptors (Lipinski definition) is 8. The number of aryl methyl sites for hydroxylation is 1. The van der Waals surface area contributed by atoms with E-state index in [1.165, 1.54) is 18.1 Å². The number of fused-ring (bicyclic) bond motifs is 1. The Morgan fingerprint density at radius 2 is 2.09 bits per heavy atom. The first kappa shape index (κ1) is 20.9. The number of rotatable bonds is 8. The zero-order chi connectivity index (χ0) is 21.9. The first-order valence-corrected chi connectivity index (χ1v) is 11.6. The number of aromatic nitrogens is 7. The third kappa shape index (κ3) is 4.20. The van der Waals surface area contributed by atoms with Gasteiger partial charge in [0.15, 0.2) is 11.0 Å². The fourth-order valence-electron chi connectivity index (χ4n) is 3.86. The predicted octanol–water partition coefficient (Wildman–Crippen LogP) is 3.67. The standard InChI is InChI=1S/C22H25N7O2S/c1-3-5-16-12-19(29-21(25-16)23-14-24-29)32-22-27-26-20(15-7-9-17(30-2)10-8-15)28(22)13-18-6-4-11-31-18/h7-10,12,14,18H,3-6,11,13H2,1-2H3. The maximum Gasteiger partial charge on any atom is 0.253 e. The van der Waals surface area contributed by atoms with Gasteiger partial charge in [-0.2, -0.15) is 14.6 Å². The average molecular weight is 452 g/mol. The number of nitrogens with zero attached hydrogens (tertiary/aromatic N) is 7. The van der Waals surface area contributed by atoms with E-state index in [1.807, 2.05) is 24.3 Å². The van der Waals surface area contributed by atoms with Crippen LogP contribution in [-0.4, -0.2) is 54.2 Å². The molecule has 4 aromatic rings. The van der Waals surface area contributed by atoms with E-state index in [0.717, 1.165) is 65.3 Å². The van der Waals surface area contributed by atoms with E-state index in [1.54, 1.807) is 11.6 Å². The smallest absolute Gasteiger partial charge is 0.253 e. The molecule has 1 aliphatic rings. The van der Waals surface area contributed by atoms with Crippen LogP contribution in [0.4, 0.5) is 0 Å². The van der Waals surface area contributed by atoms with Gasteiger partial charge in [-0.15, -0.1) is 10.2 Å². The fourth-order valence-corrected chi connectivity index (χ4v) is 4.81. The quantitative estimate of drug-likeness (QED) is 0.375. The molecule has 1 unspecified atom stereocenters. The first-order valence-electron chi connectivity index (χ1n) is 10.8. The second kappa shape index (κ2) is 9.25. The Hall–Kier alpha value is -2.98. The molecule has 0 spiro atoms. The molecule has 32 heavy (non-hydrogen) atoms. The zero-order valence-corrected chi connectivity index (χ0v) is 19.0. The molecule has 1 atom stereocenters. The summed E-state index contributed by atoms with van der Waals surface area (Å²) in [6.07, 6.45) is 5.70. The molecule has 1 fully saturated rings. The van der Waals surface area contributed by atoms with Crippen molar-refractivity contribution in [3.63, 3.8) is 0 Å². The van der Waals surface area contributed by atoms with E-state index in [-0.39, 0.29) is 6.10 Å². The highest BCUT2D eigenvalue weighted by Crippen LogP contribution is 2.32. The monoisotopic (exact) mass is 451 g/mol. The van der Waals surface area contributed by atoms with Crippen LogP contribution in [0.5, 0.6) is 5.75 Å². The number of hydrogen-bond donors (Lipinski definition) is 0. The van der Waals surface area contributed by atoms with Gasteiger partial charge in [-0.25, -0.2) is 4.98 Å². The number of ether oxygens (including phenoxy) is 2. The topological polar surface area (TPSA) is 92.2 Å². The molecule has 1 aliphatic heterocycles. The van der Waals surface area contributed by atoms with Crippen LogP contribution < -0.4 is 4.74 Å². The summed E-state index contributed by atoms with van der Waals surface area (Å²) in [6.45, 7) is 3.64. The maximum absolute atomic E-state index is 5.92. The molecule has 0 radical (unpaired) electrons. The maximum atomic E-state index is 5.92. The molecule has 1 aromatic carbocycles. The molecule has 0 saturated carbocycles. The number of methoxy groups -OCH3 is 1. The summed E-state index contributed by atoms with van der Waals surface area (Å²) in [5, 5.41) is 15.2. The molecular weight excluding hydrogens is 426 g/mol. The Bertz CT molecular complexity index is 1200.